The van der Waals surface area contributed by atoms with Crippen LogP contribution in [0, 0.1) is 12.8 Å². The topological polar surface area (TPSA) is 85.3 Å². The summed E-state index contributed by atoms with van der Waals surface area (Å²) in [5.74, 6) is 1.26. The molecule has 6 heteroatoms. The lowest BCUT2D eigenvalue weighted by atomic mass is 10.00. The minimum atomic E-state index is -3.51. The summed E-state index contributed by atoms with van der Waals surface area (Å²) in [7, 11) is -3.51. The van der Waals surface area contributed by atoms with Crippen molar-refractivity contribution in [2.24, 2.45) is 11.7 Å². The second-order valence-electron chi connectivity index (χ2n) is 5.11. The lowest BCUT2D eigenvalue weighted by molar-refractivity contribution is 0.443. The Kier molecular flexibility index (Phi) is 6.71. The Bertz CT molecular complexity index is 508. The molecular weight excluding hydrogens is 276 g/mol. The van der Waals surface area contributed by atoms with Crippen molar-refractivity contribution in [1.29, 1.82) is 0 Å². The number of furan rings is 1. The molecule has 116 valence electrons. The van der Waals surface area contributed by atoms with Crippen LogP contribution < -0.4 is 10.5 Å². The molecule has 3 N–H and O–H groups in total. The van der Waals surface area contributed by atoms with Gasteiger partial charge in [-0.05, 0) is 19.3 Å². The maximum atomic E-state index is 12.3. The van der Waals surface area contributed by atoms with E-state index in [4.69, 9.17) is 10.2 Å². The van der Waals surface area contributed by atoms with E-state index in [9.17, 15) is 8.42 Å². The summed E-state index contributed by atoms with van der Waals surface area (Å²) in [6, 6.07) is 1.50. The third-order valence-corrected chi connectivity index (χ3v) is 5.05. The van der Waals surface area contributed by atoms with Crippen molar-refractivity contribution < 1.29 is 12.8 Å². The highest BCUT2D eigenvalue weighted by Gasteiger charge is 2.21. The summed E-state index contributed by atoms with van der Waals surface area (Å²) in [5.41, 5.74) is 5.46. The Labute approximate surface area is 122 Å². The number of hydrogen-bond acceptors (Lipinski definition) is 4. The highest BCUT2D eigenvalue weighted by molar-refractivity contribution is 7.89. The zero-order valence-corrected chi connectivity index (χ0v) is 13.4. The average molecular weight is 302 g/mol. The van der Waals surface area contributed by atoms with E-state index < -0.39 is 10.0 Å². The predicted molar refractivity (Wildman–Crippen MR) is 79.8 cm³/mol. The molecule has 1 unspecified atom stereocenters. The standard InChI is InChI=1S/C14H26N2O3S/c1-4-6-7-12(5-2)10-16-20(17,18)14-8-13(9-15)19-11(14)3/h8,12,16H,4-7,9-10,15H2,1-3H3. The molecule has 20 heavy (non-hydrogen) atoms. The zero-order valence-electron chi connectivity index (χ0n) is 12.6. The normalized spacial score (nSPS) is 13.6. The number of rotatable bonds is 9. The second kappa shape index (κ2) is 7.81. The maximum absolute atomic E-state index is 12.3. The first kappa shape index (κ1) is 17.2. The summed E-state index contributed by atoms with van der Waals surface area (Å²) in [4.78, 5) is 0.197. The molecule has 0 saturated carbocycles. The van der Waals surface area contributed by atoms with Gasteiger partial charge in [-0.15, -0.1) is 0 Å². The molecular formula is C14H26N2O3S. The van der Waals surface area contributed by atoms with Gasteiger partial charge in [-0.25, -0.2) is 13.1 Å². The van der Waals surface area contributed by atoms with Gasteiger partial charge in [-0.1, -0.05) is 33.1 Å². The van der Waals surface area contributed by atoms with Crippen molar-refractivity contribution in [3.63, 3.8) is 0 Å². The van der Waals surface area contributed by atoms with Gasteiger partial charge in [0.2, 0.25) is 10.0 Å². The first-order valence-electron chi connectivity index (χ1n) is 7.23. The molecule has 0 aliphatic carbocycles. The van der Waals surface area contributed by atoms with Crippen molar-refractivity contribution >= 4 is 10.0 Å². The molecule has 1 heterocycles. The predicted octanol–water partition coefficient (Wildman–Crippen LogP) is 2.54. The van der Waals surface area contributed by atoms with Crippen molar-refractivity contribution in [1.82, 2.24) is 4.72 Å². The summed E-state index contributed by atoms with van der Waals surface area (Å²) >= 11 is 0. The van der Waals surface area contributed by atoms with E-state index >= 15 is 0 Å². The van der Waals surface area contributed by atoms with E-state index in [1.54, 1.807) is 6.92 Å². The number of aryl methyl sites for hydroxylation is 1. The quantitative estimate of drug-likeness (QED) is 0.734. The van der Waals surface area contributed by atoms with Crippen LogP contribution in [0.3, 0.4) is 0 Å². The third kappa shape index (κ3) is 4.61. The van der Waals surface area contributed by atoms with E-state index in [1.165, 1.54) is 6.07 Å². The molecule has 0 amide bonds. The first-order chi connectivity index (χ1) is 9.44. The maximum Gasteiger partial charge on any atom is 0.244 e. The van der Waals surface area contributed by atoms with Gasteiger partial charge in [0.25, 0.3) is 0 Å². The Morgan fingerprint density at radius 3 is 2.60 bits per heavy atom. The zero-order chi connectivity index (χ0) is 15.2. The van der Waals surface area contributed by atoms with Crippen molar-refractivity contribution in [2.45, 2.75) is 57.9 Å². The van der Waals surface area contributed by atoms with E-state index in [-0.39, 0.29) is 11.4 Å². The van der Waals surface area contributed by atoms with Crippen LogP contribution in [-0.2, 0) is 16.6 Å². The van der Waals surface area contributed by atoms with Gasteiger partial charge in [0.15, 0.2) is 0 Å². The van der Waals surface area contributed by atoms with E-state index in [1.807, 2.05) is 0 Å². The molecule has 0 saturated heterocycles. The van der Waals surface area contributed by atoms with Crippen molar-refractivity contribution in [3.05, 3.63) is 17.6 Å². The molecule has 0 aliphatic rings. The Balaban J connectivity index is 2.71. The fourth-order valence-corrected chi connectivity index (χ4v) is 3.46. The van der Waals surface area contributed by atoms with Gasteiger partial charge in [0, 0.05) is 12.6 Å². The van der Waals surface area contributed by atoms with Crippen molar-refractivity contribution in [2.75, 3.05) is 6.54 Å². The lowest BCUT2D eigenvalue weighted by Gasteiger charge is -2.15. The van der Waals surface area contributed by atoms with Crippen molar-refractivity contribution in [3.8, 4) is 0 Å². The number of sulfonamides is 1. The highest BCUT2D eigenvalue weighted by atomic mass is 32.2. The van der Waals surface area contributed by atoms with Gasteiger partial charge in [0.1, 0.15) is 16.4 Å². The van der Waals surface area contributed by atoms with E-state index in [2.05, 4.69) is 18.6 Å². The number of unbranched alkanes of at least 4 members (excludes halogenated alkanes) is 1. The second-order valence-corrected chi connectivity index (χ2v) is 6.84. The Hall–Kier alpha value is -0.850. The SMILES string of the molecule is CCCCC(CC)CNS(=O)(=O)c1cc(CN)oc1C. The summed E-state index contributed by atoms with van der Waals surface area (Å²) in [6.07, 6.45) is 4.28. The molecule has 0 aromatic carbocycles. The van der Waals surface area contributed by atoms with Crippen LogP contribution in [0.2, 0.25) is 0 Å². The van der Waals surface area contributed by atoms with Crippen LogP contribution in [0.1, 0.15) is 51.1 Å². The summed E-state index contributed by atoms with van der Waals surface area (Å²) in [5, 5.41) is 0. The molecule has 1 rings (SSSR count). The van der Waals surface area contributed by atoms with Crippen LogP contribution in [0.25, 0.3) is 0 Å². The highest BCUT2D eigenvalue weighted by Crippen LogP contribution is 2.20. The number of nitrogens with two attached hydrogens (primary N) is 1. The van der Waals surface area contributed by atoms with Crippen LogP contribution in [0.15, 0.2) is 15.4 Å². The summed E-state index contributed by atoms with van der Waals surface area (Å²) < 4.78 is 32.5. The minimum Gasteiger partial charge on any atom is -0.464 e. The molecule has 0 spiro atoms. The van der Waals surface area contributed by atoms with Crippen LogP contribution >= 0.6 is 0 Å². The molecule has 0 bridgehead atoms. The number of nitrogens with one attached hydrogen (secondary N) is 1. The van der Waals surface area contributed by atoms with E-state index in [0.717, 1.165) is 25.7 Å². The molecule has 5 nitrogen and oxygen atoms in total. The van der Waals surface area contributed by atoms with Crippen LogP contribution in [0.4, 0.5) is 0 Å². The molecule has 1 aromatic heterocycles. The van der Waals surface area contributed by atoms with Crippen LogP contribution in [-0.4, -0.2) is 15.0 Å². The van der Waals surface area contributed by atoms with E-state index in [0.29, 0.717) is 24.0 Å². The smallest absolute Gasteiger partial charge is 0.244 e. The first-order valence-corrected chi connectivity index (χ1v) is 8.71. The largest absolute Gasteiger partial charge is 0.464 e. The van der Waals surface area contributed by atoms with Gasteiger partial charge in [0.05, 0.1) is 6.54 Å². The Morgan fingerprint density at radius 2 is 2.10 bits per heavy atom. The minimum absolute atomic E-state index is 0.197. The third-order valence-electron chi connectivity index (χ3n) is 3.52. The molecule has 0 radical (unpaired) electrons. The molecule has 1 atom stereocenters. The molecule has 0 aliphatic heterocycles. The fourth-order valence-electron chi connectivity index (χ4n) is 2.14. The summed E-state index contributed by atoms with van der Waals surface area (Å²) in [6.45, 7) is 6.54. The number of hydrogen-bond donors (Lipinski definition) is 2. The van der Waals surface area contributed by atoms with Gasteiger partial charge in [-0.2, -0.15) is 0 Å². The molecule has 1 aromatic rings. The van der Waals surface area contributed by atoms with Crippen LogP contribution in [0.5, 0.6) is 0 Å². The van der Waals surface area contributed by atoms with Gasteiger partial charge >= 0.3 is 0 Å². The average Bonchev–Trinajstić information content (AvgIpc) is 2.81. The van der Waals surface area contributed by atoms with Gasteiger partial charge < -0.3 is 10.2 Å². The van der Waals surface area contributed by atoms with Gasteiger partial charge in [-0.3, -0.25) is 0 Å². The monoisotopic (exact) mass is 302 g/mol. The lowest BCUT2D eigenvalue weighted by Crippen LogP contribution is -2.29. The Morgan fingerprint density at radius 1 is 1.40 bits per heavy atom. The fraction of sp³-hybridized carbons (Fsp3) is 0.714. The molecule has 0 fully saturated rings.